The maximum Gasteiger partial charge on any atom is 0.326 e. The lowest BCUT2D eigenvalue weighted by atomic mass is 10.2. The molecule has 0 heterocycles. The van der Waals surface area contributed by atoms with Crippen LogP contribution in [-0.2, 0) is 14.3 Å². The van der Waals surface area contributed by atoms with E-state index in [1.807, 2.05) is 0 Å². The standard InChI is InChI=1S/C13H18N2O4/c1-3-11(13(17)18)14-9-5-4-6-10(7-9)15-12(16)8-19-2/h4-7,11,14H,3,8H2,1-2H3,(H,15,16)(H,17,18). The smallest absolute Gasteiger partial charge is 0.326 e. The Hall–Kier alpha value is -2.08. The summed E-state index contributed by atoms with van der Waals surface area (Å²) in [6, 6.07) is 6.24. The third-order valence-corrected chi connectivity index (χ3v) is 2.47. The molecular weight excluding hydrogens is 248 g/mol. The first-order valence-electron chi connectivity index (χ1n) is 5.95. The van der Waals surface area contributed by atoms with Crippen molar-refractivity contribution in [3.05, 3.63) is 24.3 Å². The molecule has 19 heavy (non-hydrogen) atoms. The first-order valence-corrected chi connectivity index (χ1v) is 5.95. The summed E-state index contributed by atoms with van der Waals surface area (Å²) >= 11 is 0. The van der Waals surface area contributed by atoms with Gasteiger partial charge in [-0.1, -0.05) is 13.0 Å². The molecule has 0 aliphatic carbocycles. The molecule has 1 atom stereocenters. The Morgan fingerprint density at radius 1 is 1.37 bits per heavy atom. The van der Waals surface area contributed by atoms with Gasteiger partial charge in [-0.25, -0.2) is 4.79 Å². The molecule has 1 aromatic rings. The Morgan fingerprint density at radius 2 is 2.05 bits per heavy atom. The maximum absolute atomic E-state index is 11.4. The fraction of sp³-hybridized carbons (Fsp3) is 0.385. The fourth-order valence-corrected chi connectivity index (χ4v) is 1.55. The number of carboxylic acid groups (broad SMARTS) is 1. The molecule has 0 bridgehead atoms. The highest BCUT2D eigenvalue weighted by atomic mass is 16.5. The van der Waals surface area contributed by atoms with E-state index in [1.54, 1.807) is 31.2 Å². The van der Waals surface area contributed by atoms with Crippen molar-refractivity contribution >= 4 is 23.3 Å². The number of ether oxygens (including phenoxy) is 1. The summed E-state index contributed by atoms with van der Waals surface area (Å²) in [5, 5.41) is 14.5. The number of anilines is 2. The number of aliphatic carboxylic acids is 1. The predicted octanol–water partition coefficient (Wildman–Crippen LogP) is 1.55. The Labute approximate surface area is 111 Å². The van der Waals surface area contributed by atoms with E-state index in [0.29, 0.717) is 17.8 Å². The molecule has 1 amide bonds. The molecule has 0 radical (unpaired) electrons. The zero-order valence-corrected chi connectivity index (χ0v) is 11.0. The van der Waals surface area contributed by atoms with Crippen molar-refractivity contribution in [2.24, 2.45) is 0 Å². The number of carbonyl (C=O) groups is 2. The van der Waals surface area contributed by atoms with Crippen LogP contribution < -0.4 is 10.6 Å². The number of carboxylic acids is 1. The topological polar surface area (TPSA) is 87.7 Å². The Balaban J connectivity index is 2.71. The largest absolute Gasteiger partial charge is 0.480 e. The van der Waals surface area contributed by atoms with Crippen LogP contribution in [0.4, 0.5) is 11.4 Å². The van der Waals surface area contributed by atoms with Crippen molar-refractivity contribution in [2.75, 3.05) is 24.4 Å². The third-order valence-electron chi connectivity index (χ3n) is 2.47. The predicted molar refractivity (Wildman–Crippen MR) is 72.3 cm³/mol. The minimum atomic E-state index is -0.906. The number of amides is 1. The van der Waals surface area contributed by atoms with Gasteiger partial charge in [-0.05, 0) is 24.6 Å². The molecule has 0 aromatic heterocycles. The van der Waals surface area contributed by atoms with E-state index in [9.17, 15) is 9.59 Å². The molecule has 6 heteroatoms. The van der Waals surface area contributed by atoms with Crippen LogP contribution >= 0.6 is 0 Å². The van der Waals surface area contributed by atoms with Gasteiger partial charge in [0.15, 0.2) is 0 Å². The van der Waals surface area contributed by atoms with Crippen molar-refractivity contribution < 1.29 is 19.4 Å². The summed E-state index contributed by atoms with van der Waals surface area (Å²) < 4.78 is 4.71. The van der Waals surface area contributed by atoms with Crippen molar-refractivity contribution in [1.82, 2.24) is 0 Å². The van der Waals surface area contributed by atoms with Crippen molar-refractivity contribution in [1.29, 1.82) is 0 Å². The van der Waals surface area contributed by atoms with Crippen LogP contribution in [0.15, 0.2) is 24.3 Å². The van der Waals surface area contributed by atoms with Crippen LogP contribution in [0.2, 0.25) is 0 Å². The summed E-state index contributed by atoms with van der Waals surface area (Å²) in [7, 11) is 1.44. The molecule has 104 valence electrons. The molecule has 1 aromatic carbocycles. The van der Waals surface area contributed by atoms with Crippen LogP contribution in [0.3, 0.4) is 0 Å². The van der Waals surface area contributed by atoms with Crippen LogP contribution in [-0.4, -0.2) is 36.7 Å². The highest BCUT2D eigenvalue weighted by Gasteiger charge is 2.14. The highest BCUT2D eigenvalue weighted by Crippen LogP contribution is 2.16. The Morgan fingerprint density at radius 3 is 2.63 bits per heavy atom. The van der Waals surface area contributed by atoms with E-state index >= 15 is 0 Å². The quantitative estimate of drug-likeness (QED) is 0.697. The molecule has 3 N–H and O–H groups in total. The van der Waals surface area contributed by atoms with Gasteiger partial charge in [0.1, 0.15) is 12.6 Å². The second-order valence-electron chi connectivity index (χ2n) is 4.01. The number of methoxy groups -OCH3 is 1. The molecule has 0 saturated heterocycles. The number of rotatable bonds is 7. The Kier molecular flexibility index (Phi) is 5.81. The Bertz CT molecular complexity index is 448. The van der Waals surface area contributed by atoms with Gasteiger partial charge in [-0.3, -0.25) is 4.79 Å². The van der Waals surface area contributed by atoms with E-state index in [2.05, 4.69) is 10.6 Å². The first kappa shape index (κ1) is 15.0. The van der Waals surface area contributed by atoms with E-state index in [1.165, 1.54) is 7.11 Å². The van der Waals surface area contributed by atoms with Crippen molar-refractivity contribution in [3.63, 3.8) is 0 Å². The molecule has 0 fully saturated rings. The first-order chi connectivity index (χ1) is 9.06. The van der Waals surface area contributed by atoms with E-state index in [-0.39, 0.29) is 12.5 Å². The number of hydrogen-bond donors (Lipinski definition) is 3. The molecule has 0 saturated carbocycles. The second kappa shape index (κ2) is 7.38. The minimum Gasteiger partial charge on any atom is -0.480 e. The van der Waals surface area contributed by atoms with Gasteiger partial charge in [0.25, 0.3) is 0 Å². The zero-order valence-electron chi connectivity index (χ0n) is 11.0. The molecule has 0 aliphatic heterocycles. The lowest BCUT2D eigenvalue weighted by Gasteiger charge is -2.14. The van der Waals surface area contributed by atoms with E-state index in [0.717, 1.165) is 0 Å². The van der Waals surface area contributed by atoms with Crippen LogP contribution in [0.1, 0.15) is 13.3 Å². The molecule has 1 unspecified atom stereocenters. The van der Waals surface area contributed by atoms with Gasteiger partial charge in [-0.15, -0.1) is 0 Å². The van der Waals surface area contributed by atoms with Gasteiger partial charge < -0.3 is 20.5 Å². The van der Waals surface area contributed by atoms with Crippen LogP contribution in [0, 0.1) is 0 Å². The minimum absolute atomic E-state index is 0.0234. The summed E-state index contributed by atoms with van der Waals surface area (Å²) in [6.07, 6.45) is 0.468. The lowest BCUT2D eigenvalue weighted by Crippen LogP contribution is -2.28. The molecular formula is C13H18N2O4. The zero-order chi connectivity index (χ0) is 14.3. The second-order valence-corrected chi connectivity index (χ2v) is 4.01. The normalized spacial score (nSPS) is 11.7. The van der Waals surface area contributed by atoms with Gasteiger partial charge in [-0.2, -0.15) is 0 Å². The highest BCUT2D eigenvalue weighted by molar-refractivity contribution is 5.92. The van der Waals surface area contributed by atoms with Gasteiger partial charge in [0, 0.05) is 18.5 Å². The maximum atomic E-state index is 11.4. The van der Waals surface area contributed by atoms with Crippen molar-refractivity contribution in [2.45, 2.75) is 19.4 Å². The monoisotopic (exact) mass is 266 g/mol. The molecule has 6 nitrogen and oxygen atoms in total. The SMILES string of the molecule is CCC(Nc1cccc(NC(=O)COC)c1)C(=O)O. The molecule has 1 rings (SSSR count). The van der Waals surface area contributed by atoms with E-state index < -0.39 is 12.0 Å². The summed E-state index contributed by atoms with van der Waals surface area (Å²) in [5.74, 6) is -1.17. The molecule has 0 aliphatic rings. The summed E-state index contributed by atoms with van der Waals surface area (Å²) in [4.78, 5) is 22.3. The summed E-state index contributed by atoms with van der Waals surface area (Å²) in [6.45, 7) is 1.76. The number of hydrogen-bond acceptors (Lipinski definition) is 4. The fourth-order valence-electron chi connectivity index (χ4n) is 1.55. The number of benzene rings is 1. The molecule has 0 spiro atoms. The third kappa shape index (κ3) is 4.97. The van der Waals surface area contributed by atoms with Gasteiger partial charge in [0.2, 0.25) is 5.91 Å². The van der Waals surface area contributed by atoms with Crippen LogP contribution in [0.25, 0.3) is 0 Å². The average Bonchev–Trinajstić information content (AvgIpc) is 2.36. The number of carbonyl (C=O) groups excluding carboxylic acids is 1. The van der Waals surface area contributed by atoms with Gasteiger partial charge >= 0.3 is 5.97 Å². The number of nitrogens with one attached hydrogen (secondary N) is 2. The summed E-state index contributed by atoms with van der Waals surface area (Å²) in [5.41, 5.74) is 1.23. The van der Waals surface area contributed by atoms with Crippen molar-refractivity contribution in [3.8, 4) is 0 Å². The van der Waals surface area contributed by atoms with E-state index in [4.69, 9.17) is 9.84 Å². The average molecular weight is 266 g/mol. The van der Waals surface area contributed by atoms with Crippen LogP contribution in [0.5, 0.6) is 0 Å². The van der Waals surface area contributed by atoms with Gasteiger partial charge in [0.05, 0.1) is 0 Å². The lowest BCUT2D eigenvalue weighted by molar-refractivity contribution is -0.138.